The molecule has 0 aromatic rings. The molecule has 0 heterocycles. The lowest BCUT2D eigenvalue weighted by Crippen LogP contribution is -2.30. The van der Waals surface area contributed by atoms with Gasteiger partial charge in [-0.15, -0.1) is 0 Å². The monoisotopic (exact) mass is 715 g/mol. The predicted octanol–water partition coefficient (Wildman–Crippen LogP) is 13.2. The average molecular weight is 715 g/mol. The summed E-state index contributed by atoms with van der Waals surface area (Å²) >= 11 is 0. The zero-order chi connectivity index (χ0) is 37.3. The fourth-order valence-electron chi connectivity index (χ4n) is 5.74. The van der Waals surface area contributed by atoms with Crippen molar-refractivity contribution in [2.24, 2.45) is 0 Å². The second kappa shape index (κ2) is 40.1. The molecular formula is C45H78O6. The Labute approximate surface area is 314 Å². The SMILES string of the molecule is CC\C=C/C=C\C=C/C=C\CCCCCC(=O)OCC(COC(=O)CCCCCCCCCCCC)OC(=O)CCCCCCCCCCCC. The van der Waals surface area contributed by atoms with E-state index in [0.717, 1.165) is 70.6 Å². The molecule has 6 heteroatoms. The molecule has 0 radical (unpaired) electrons. The van der Waals surface area contributed by atoms with Crippen molar-refractivity contribution in [3.63, 3.8) is 0 Å². The molecule has 1 atom stereocenters. The van der Waals surface area contributed by atoms with Crippen LogP contribution in [0.25, 0.3) is 0 Å². The van der Waals surface area contributed by atoms with Gasteiger partial charge in [-0.25, -0.2) is 0 Å². The third-order valence-electron chi connectivity index (χ3n) is 8.94. The molecule has 0 saturated carbocycles. The minimum atomic E-state index is -0.781. The Kier molecular flexibility index (Phi) is 38.1. The Morgan fingerprint density at radius 1 is 0.412 bits per heavy atom. The minimum absolute atomic E-state index is 0.0837. The first kappa shape index (κ1) is 48.4. The van der Waals surface area contributed by atoms with Crippen LogP contribution in [0, 0.1) is 0 Å². The number of rotatable bonds is 37. The van der Waals surface area contributed by atoms with Gasteiger partial charge in [0.1, 0.15) is 13.2 Å². The van der Waals surface area contributed by atoms with Crippen molar-refractivity contribution in [3.8, 4) is 0 Å². The second-order valence-electron chi connectivity index (χ2n) is 14.0. The van der Waals surface area contributed by atoms with Crippen LogP contribution in [0.1, 0.15) is 201 Å². The number of carbonyl (C=O) groups excluding carboxylic acids is 3. The number of carbonyl (C=O) groups is 3. The van der Waals surface area contributed by atoms with Crippen LogP contribution in [0.3, 0.4) is 0 Å². The number of unbranched alkanes of at least 4 members (excludes halogenated alkanes) is 21. The van der Waals surface area contributed by atoms with Crippen LogP contribution in [-0.4, -0.2) is 37.2 Å². The molecule has 0 spiro atoms. The van der Waals surface area contributed by atoms with E-state index < -0.39 is 6.10 Å². The van der Waals surface area contributed by atoms with Crippen molar-refractivity contribution in [2.75, 3.05) is 13.2 Å². The lowest BCUT2D eigenvalue weighted by atomic mass is 10.1. The van der Waals surface area contributed by atoms with Crippen molar-refractivity contribution in [3.05, 3.63) is 48.6 Å². The largest absolute Gasteiger partial charge is 0.462 e. The van der Waals surface area contributed by atoms with Crippen LogP contribution in [0.2, 0.25) is 0 Å². The standard InChI is InChI=1S/C45H78O6/c1-4-7-10-13-16-19-22-23-24-27-29-32-35-38-44(47)50-41-42(51-45(48)39-36-33-30-26-21-18-15-12-9-6-3)40-49-43(46)37-34-31-28-25-20-17-14-11-8-5-2/h7,10,13,16,19,22-24,42H,4-6,8-9,11-12,14-15,17-18,20-21,25-41H2,1-3H3/b10-7-,16-13-,22-19-,24-23-. The maximum atomic E-state index is 12.6. The molecule has 0 rings (SSSR count). The molecule has 0 aromatic carbocycles. The summed E-state index contributed by atoms with van der Waals surface area (Å²) in [6.45, 7) is 6.42. The van der Waals surface area contributed by atoms with Gasteiger partial charge in [0.25, 0.3) is 0 Å². The van der Waals surface area contributed by atoms with E-state index >= 15 is 0 Å². The van der Waals surface area contributed by atoms with Crippen LogP contribution in [-0.2, 0) is 28.6 Å². The van der Waals surface area contributed by atoms with Crippen LogP contribution in [0.5, 0.6) is 0 Å². The maximum Gasteiger partial charge on any atom is 0.306 e. The van der Waals surface area contributed by atoms with Crippen LogP contribution in [0.15, 0.2) is 48.6 Å². The Morgan fingerprint density at radius 3 is 1.20 bits per heavy atom. The third kappa shape index (κ3) is 38.4. The number of ether oxygens (including phenoxy) is 3. The summed E-state index contributed by atoms with van der Waals surface area (Å²) in [5.74, 6) is -0.930. The summed E-state index contributed by atoms with van der Waals surface area (Å²) in [5, 5.41) is 0. The molecule has 0 aromatic heterocycles. The maximum absolute atomic E-state index is 12.6. The van der Waals surface area contributed by atoms with Crippen LogP contribution >= 0.6 is 0 Å². The van der Waals surface area contributed by atoms with Crippen LogP contribution < -0.4 is 0 Å². The Hall–Kier alpha value is -2.63. The fourth-order valence-corrected chi connectivity index (χ4v) is 5.74. The summed E-state index contributed by atoms with van der Waals surface area (Å²) in [5.41, 5.74) is 0. The molecule has 0 N–H and O–H groups in total. The van der Waals surface area contributed by atoms with Crippen LogP contribution in [0.4, 0.5) is 0 Å². The molecule has 0 amide bonds. The summed E-state index contributed by atoms with van der Waals surface area (Å²) in [4.78, 5) is 37.5. The number of hydrogen-bond acceptors (Lipinski definition) is 6. The van der Waals surface area contributed by atoms with E-state index in [1.807, 2.05) is 36.5 Å². The Morgan fingerprint density at radius 2 is 0.765 bits per heavy atom. The first-order valence-electron chi connectivity index (χ1n) is 21.2. The Bertz CT molecular complexity index is 918. The van der Waals surface area contributed by atoms with E-state index in [-0.39, 0.29) is 31.1 Å². The minimum Gasteiger partial charge on any atom is -0.462 e. The zero-order valence-electron chi connectivity index (χ0n) is 33.4. The number of hydrogen-bond donors (Lipinski definition) is 0. The molecule has 0 aliphatic rings. The van der Waals surface area contributed by atoms with E-state index in [4.69, 9.17) is 14.2 Å². The van der Waals surface area contributed by atoms with Gasteiger partial charge < -0.3 is 14.2 Å². The van der Waals surface area contributed by atoms with Crippen molar-refractivity contribution >= 4 is 17.9 Å². The highest BCUT2D eigenvalue weighted by molar-refractivity contribution is 5.71. The normalized spacial score (nSPS) is 12.5. The highest BCUT2D eigenvalue weighted by Crippen LogP contribution is 2.14. The fraction of sp³-hybridized carbons (Fsp3) is 0.756. The molecule has 0 bridgehead atoms. The molecule has 294 valence electrons. The molecule has 6 nitrogen and oxygen atoms in total. The van der Waals surface area contributed by atoms with E-state index in [1.54, 1.807) is 0 Å². The summed E-state index contributed by atoms with van der Waals surface area (Å²) in [6.07, 6.45) is 45.2. The van der Waals surface area contributed by atoms with E-state index in [9.17, 15) is 14.4 Å². The topological polar surface area (TPSA) is 78.9 Å². The number of allylic oxidation sites excluding steroid dienone is 8. The average Bonchev–Trinajstić information content (AvgIpc) is 3.12. The van der Waals surface area contributed by atoms with Crippen molar-refractivity contribution in [1.82, 2.24) is 0 Å². The molecule has 0 aliphatic heterocycles. The highest BCUT2D eigenvalue weighted by Gasteiger charge is 2.19. The molecule has 0 aliphatic carbocycles. The van der Waals surface area contributed by atoms with Gasteiger partial charge in [-0.1, -0.05) is 191 Å². The zero-order valence-corrected chi connectivity index (χ0v) is 33.4. The first-order chi connectivity index (χ1) is 25.0. The number of esters is 3. The van der Waals surface area contributed by atoms with Gasteiger partial charge in [0, 0.05) is 19.3 Å². The summed E-state index contributed by atoms with van der Waals surface area (Å²) in [7, 11) is 0. The van der Waals surface area contributed by atoms with Gasteiger partial charge in [0.2, 0.25) is 0 Å². The van der Waals surface area contributed by atoms with Gasteiger partial charge in [-0.2, -0.15) is 0 Å². The summed E-state index contributed by atoms with van der Waals surface area (Å²) in [6, 6.07) is 0. The lowest BCUT2D eigenvalue weighted by molar-refractivity contribution is -0.167. The van der Waals surface area contributed by atoms with Crippen molar-refractivity contribution in [1.29, 1.82) is 0 Å². The second-order valence-corrected chi connectivity index (χ2v) is 14.0. The van der Waals surface area contributed by atoms with E-state index in [0.29, 0.717) is 19.3 Å². The Balaban J connectivity index is 4.43. The van der Waals surface area contributed by atoms with Gasteiger partial charge >= 0.3 is 17.9 Å². The van der Waals surface area contributed by atoms with E-state index in [2.05, 4.69) is 32.9 Å². The van der Waals surface area contributed by atoms with Crippen molar-refractivity contribution < 1.29 is 28.6 Å². The molecule has 0 fully saturated rings. The van der Waals surface area contributed by atoms with Gasteiger partial charge in [0.15, 0.2) is 6.10 Å². The molecule has 51 heavy (non-hydrogen) atoms. The first-order valence-corrected chi connectivity index (χ1v) is 21.2. The molecule has 0 saturated heterocycles. The molecule has 1 unspecified atom stereocenters. The summed E-state index contributed by atoms with van der Waals surface area (Å²) < 4.78 is 16.6. The van der Waals surface area contributed by atoms with Gasteiger partial charge in [-0.3, -0.25) is 14.4 Å². The molecular weight excluding hydrogens is 636 g/mol. The van der Waals surface area contributed by atoms with E-state index in [1.165, 1.54) is 89.9 Å². The predicted molar refractivity (Wildman–Crippen MR) is 215 cm³/mol. The van der Waals surface area contributed by atoms with Gasteiger partial charge in [0.05, 0.1) is 0 Å². The third-order valence-corrected chi connectivity index (χ3v) is 8.94. The van der Waals surface area contributed by atoms with Crippen molar-refractivity contribution in [2.45, 2.75) is 207 Å². The van der Waals surface area contributed by atoms with Gasteiger partial charge in [-0.05, 0) is 38.5 Å². The smallest absolute Gasteiger partial charge is 0.306 e. The quantitative estimate of drug-likeness (QED) is 0.0276. The lowest BCUT2D eigenvalue weighted by Gasteiger charge is -2.18. The highest BCUT2D eigenvalue weighted by atomic mass is 16.6.